The van der Waals surface area contributed by atoms with Crippen LogP contribution in [0.1, 0.15) is 33.9 Å². The summed E-state index contributed by atoms with van der Waals surface area (Å²) in [4.78, 5) is 27.1. The minimum Gasteiger partial charge on any atom is -0.431 e. The van der Waals surface area contributed by atoms with Crippen LogP contribution in [0.3, 0.4) is 0 Å². The van der Waals surface area contributed by atoms with E-state index in [2.05, 4.69) is 4.98 Å². The van der Waals surface area contributed by atoms with Gasteiger partial charge in [0.25, 0.3) is 0 Å². The van der Waals surface area contributed by atoms with E-state index in [1.165, 1.54) is 13.0 Å². The zero-order valence-electron chi connectivity index (χ0n) is 15.4. The van der Waals surface area contributed by atoms with Crippen molar-refractivity contribution in [3.8, 4) is 0 Å². The van der Waals surface area contributed by atoms with Crippen LogP contribution in [0, 0.1) is 5.92 Å². The first-order valence-electron chi connectivity index (χ1n) is 8.25. The van der Waals surface area contributed by atoms with Crippen LogP contribution < -0.4 is 11.4 Å². The molecule has 0 saturated carbocycles. The summed E-state index contributed by atoms with van der Waals surface area (Å²) in [5.41, 5.74) is 3.47. The van der Waals surface area contributed by atoms with Crippen molar-refractivity contribution >= 4 is 12.0 Å². The van der Waals surface area contributed by atoms with Crippen LogP contribution in [-0.2, 0) is 14.2 Å². The fraction of sp³-hybridized carbons (Fsp3) is 0.688. The molecule has 0 amide bonds. The number of aliphatic hydroxyl groups excluding tert-OH is 1. The molecule has 0 radical (unpaired) electrons. The molecule has 0 bridgehead atoms. The fourth-order valence-electron chi connectivity index (χ4n) is 2.88. The zero-order valence-corrected chi connectivity index (χ0v) is 15.4. The second-order valence-corrected chi connectivity index (χ2v) is 7.24. The monoisotopic (exact) mass is 391 g/mol. The number of nitrogen functional groups attached to an aromatic ring is 1. The summed E-state index contributed by atoms with van der Waals surface area (Å²) < 4.78 is 45.8. The van der Waals surface area contributed by atoms with E-state index in [4.69, 9.17) is 19.9 Å². The van der Waals surface area contributed by atoms with Gasteiger partial charge < -0.3 is 25.1 Å². The summed E-state index contributed by atoms with van der Waals surface area (Å²) in [5, 5.41) is 9.46. The zero-order chi connectivity index (χ0) is 20.6. The van der Waals surface area contributed by atoms with Crippen LogP contribution in [0.2, 0.25) is 0 Å². The predicted molar refractivity (Wildman–Crippen MR) is 89.1 cm³/mol. The van der Waals surface area contributed by atoms with Crippen molar-refractivity contribution in [3.05, 3.63) is 22.7 Å². The number of carbonyl (C=O) groups excluding carboxylic acids is 1. The normalized spacial score (nSPS) is 25.8. The molecule has 0 aromatic carbocycles. The van der Waals surface area contributed by atoms with Gasteiger partial charge in [-0.05, 0) is 33.8 Å². The maximum atomic E-state index is 15.0. The van der Waals surface area contributed by atoms with Gasteiger partial charge in [0.15, 0.2) is 0 Å². The van der Waals surface area contributed by atoms with Gasteiger partial charge in [0.05, 0.1) is 18.6 Å². The third-order valence-electron chi connectivity index (χ3n) is 3.94. The molecule has 9 nitrogen and oxygen atoms in total. The first kappa shape index (κ1) is 21.0. The van der Waals surface area contributed by atoms with Crippen molar-refractivity contribution < 1.29 is 32.9 Å². The lowest BCUT2D eigenvalue weighted by Crippen LogP contribution is -2.44. The largest absolute Gasteiger partial charge is 0.509 e. The number of halogens is 2. The molecule has 11 heteroatoms. The van der Waals surface area contributed by atoms with Crippen molar-refractivity contribution in [1.82, 2.24) is 9.55 Å². The molecule has 4 atom stereocenters. The number of alkyl halides is 2. The van der Waals surface area contributed by atoms with Gasteiger partial charge in [0.1, 0.15) is 17.5 Å². The van der Waals surface area contributed by atoms with Crippen molar-refractivity contribution in [1.29, 1.82) is 0 Å². The molecule has 2 unspecified atom stereocenters. The van der Waals surface area contributed by atoms with E-state index < -0.39 is 54.3 Å². The molecule has 0 aliphatic carbocycles. The molecule has 2 rings (SSSR count). The molecule has 27 heavy (non-hydrogen) atoms. The Balaban J connectivity index is 2.28. The SMILES string of the molecule is CC(OC(=O)OC(C)(C)C)C1[C@@H](CO)O[C@@H](n2ccc(N)nc2=O)C1(F)F. The quantitative estimate of drug-likeness (QED) is 0.736. The van der Waals surface area contributed by atoms with E-state index in [0.717, 1.165) is 6.20 Å². The van der Waals surface area contributed by atoms with Gasteiger partial charge in [0.2, 0.25) is 6.23 Å². The number of carbonyl (C=O) groups is 1. The van der Waals surface area contributed by atoms with E-state index in [0.29, 0.717) is 4.57 Å². The number of ether oxygens (including phenoxy) is 3. The Hall–Kier alpha value is -2.27. The van der Waals surface area contributed by atoms with Gasteiger partial charge in [-0.15, -0.1) is 0 Å². The first-order chi connectivity index (χ1) is 12.4. The van der Waals surface area contributed by atoms with Gasteiger partial charge in [-0.3, -0.25) is 4.57 Å². The van der Waals surface area contributed by atoms with Crippen molar-refractivity contribution in [3.63, 3.8) is 0 Å². The number of rotatable bonds is 4. The Labute approximate surface area is 154 Å². The summed E-state index contributed by atoms with van der Waals surface area (Å²) in [7, 11) is 0. The number of hydrogen-bond acceptors (Lipinski definition) is 8. The number of nitrogens with two attached hydrogens (primary N) is 1. The lowest BCUT2D eigenvalue weighted by atomic mass is 9.92. The molecule has 1 aliphatic heterocycles. The Kier molecular flexibility index (Phi) is 5.76. The third kappa shape index (κ3) is 4.53. The lowest BCUT2D eigenvalue weighted by molar-refractivity contribution is -0.141. The Morgan fingerprint density at radius 2 is 2.15 bits per heavy atom. The van der Waals surface area contributed by atoms with Crippen LogP contribution in [0.25, 0.3) is 0 Å². The summed E-state index contributed by atoms with van der Waals surface area (Å²) in [5.74, 6) is -5.50. The average Bonchev–Trinajstić information content (AvgIpc) is 2.76. The topological polar surface area (TPSA) is 126 Å². The smallest absolute Gasteiger partial charge is 0.431 e. The van der Waals surface area contributed by atoms with E-state index in [1.807, 2.05) is 0 Å². The average molecular weight is 391 g/mol. The number of aromatic nitrogens is 2. The van der Waals surface area contributed by atoms with Crippen LogP contribution in [0.5, 0.6) is 0 Å². The molecule has 1 aromatic rings. The Bertz CT molecular complexity index is 748. The van der Waals surface area contributed by atoms with Crippen molar-refractivity contribution in [2.45, 2.75) is 57.7 Å². The summed E-state index contributed by atoms with van der Waals surface area (Å²) in [6.45, 7) is 5.26. The lowest BCUT2D eigenvalue weighted by Gasteiger charge is -2.29. The molecule has 1 fully saturated rings. The second kappa shape index (κ2) is 7.39. The van der Waals surface area contributed by atoms with Crippen molar-refractivity contribution in [2.75, 3.05) is 12.3 Å². The Morgan fingerprint density at radius 1 is 1.52 bits per heavy atom. The first-order valence-corrected chi connectivity index (χ1v) is 8.25. The van der Waals surface area contributed by atoms with Crippen LogP contribution in [0.15, 0.2) is 17.1 Å². The summed E-state index contributed by atoms with van der Waals surface area (Å²) in [6.07, 6.45) is -4.89. The fourth-order valence-corrected chi connectivity index (χ4v) is 2.88. The highest BCUT2D eigenvalue weighted by Crippen LogP contribution is 2.48. The highest BCUT2D eigenvalue weighted by atomic mass is 19.3. The molecule has 3 N–H and O–H groups in total. The third-order valence-corrected chi connectivity index (χ3v) is 3.94. The van der Waals surface area contributed by atoms with E-state index in [9.17, 15) is 14.7 Å². The Morgan fingerprint density at radius 3 is 2.67 bits per heavy atom. The molecular weight excluding hydrogens is 368 g/mol. The standard InChI is InChI=1S/C16H23F2N3O6/c1-8(25-14(24)27-15(2,3)4)11-9(7-22)26-12(16(11,17)18)21-6-5-10(19)20-13(21)23/h5-6,8-9,11-12,22H,7H2,1-4H3,(H2,19,20,23)/t8?,9-,11?,12-/m1/s1. The molecule has 1 aromatic heterocycles. The number of anilines is 1. The number of nitrogens with zero attached hydrogens (tertiary/aromatic N) is 2. The number of hydrogen-bond donors (Lipinski definition) is 2. The minimum absolute atomic E-state index is 0.130. The van der Waals surface area contributed by atoms with Gasteiger partial charge in [-0.2, -0.15) is 4.98 Å². The molecule has 1 saturated heterocycles. The maximum Gasteiger partial charge on any atom is 0.509 e. The summed E-state index contributed by atoms with van der Waals surface area (Å²) in [6, 6.07) is 1.17. The molecule has 152 valence electrons. The highest BCUT2D eigenvalue weighted by molar-refractivity contribution is 5.60. The van der Waals surface area contributed by atoms with Gasteiger partial charge >= 0.3 is 17.8 Å². The van der Waals surface area contributed by atoms with Gasteiger partial charge in [0, 0.05) is 6.20 Å². The highest BCUT2D eigenvalue weighted by Gasteiger charge is 2.62. The molecule has 2 heterocycles. The van der Waals surface area contributed by atoms with E-state index in [-0.39, 0.29) is 5.82 Å². The van der Waals surface area contributed by atoms with Gasteiger partial charge in [-0.25, -0.2) is 18.4 Å². The maximum absolute atomic E-state index is 15.0. The van der Waals surface area contributed by atoms with Crippen LogP contribution in [0.4, 0.5) is 19.4 Å². The minimum atomic E-state index is -3.66. The van der Waals surface area contributed by atoms with Crippen LogP contribution in [-0.4, -0.2) is 51.2 Å². The predicted octanol–water partition coefficient (Wildman–Crippen LogP) is 1.31. The van der Waals surface area contributed by atoms with Crippen molar-refractivity contribution in [2.24, 2.45) is 5.92 Å². The second-order valence-electron chi connectivity index (χ2n) is 7.24. The van der Waals surface area contributed by atoms with E-state index >= 15 is 8.78 Å². The van der Waals surface area contributed by atoms with E-state index in [1.54, 1.807) is 20.8 Å². The summed E-state index contributed by atoms with van der Waals surface area (Å²) >= 11 is 0. The molecular formula is C16H23F2N3O6. The van der Waals surface area contributed by atoms with Crippen LogP contribution >= 0.6 is 0 Å². The van der Waals surface area contributed by atoms with Gasteiger partial charge in [-0.1, -0.05) is 0 Å². The molecule has 1 aliphatic rings. The molecule has 0 spiro atoms. The number of aliphatic hydroxyl groups is 1.